The molecule has 0 aliphatic heterocycles. The maximum absolute atomic E-state index is 13.3. The molecule has 0 aliphatic rings. The zero-order valence-electron chi connectivity index (χ0n) is 10.9. The van der Waals surface area contributed by atoms with Gasteiger partial charge in [-0.05, 0) is 56.3 Å². The Morgan fingerprint density at radius 3 is 2.32 bits per heavy atom. The molecule has 1 aromatic carbocycles. The first kappa shape index (κ1) is 13.5. The van der Waals surface area contributed by atoms with Crippen molar-refractivity contribution in [2.24, 2.45) is 0 Å². The van der Waals surface area contributed by atoms with Crippen LogP contribution in [0.1, 0.15) is 22.5 Å². The quantitative estimate of drug-likeness (QED) is 0.785. The van der Waals surface area contributed by atoms with Gasteiger partial charge in [0.2, 0.25) is 0 Å². The van der Waals surface area contributed by atoms with Gasteiger partial charge in [-0.15, -0.1) is 0 Å². The summed E-state index contributed by atoms with van der Waals surface area (Å²) in [6.45, 7) is 5.80. The molecule has 5 heteroatoms. The van der Waals surface area contributed by atoms with Gasteiger partial charge < -0.3 is 0 Å². The fourth-order valence-corrected chi connectivity index (χ4v) is 2.51. The van der Waals surface area contributed by atoms with Crippen LogP contribution in [0.4, 0.5) is 4.39 Å². The molecule has 0 aliphatic carbocycles. The molecule has 0 fully saturated rings. The normalized spacial score (nSPS) is 10.3. The van der Waals surface area contributed by atoms with Crippen molar-refractivity contribution >= 4 is 11.8 Å². The van der Waals surface area contributed by atoms with Crippen molar-refractivity contribution in [1.29, 1.82) is 5.26 Å². The number of aromatic nitrogens is 2. The van der Waals surface area contributed by atoms with Gasteiger partial charge in [0.25, 0.3) is 0 Å². The molecule has 0 N–H and O–H groups in total. The number of benzene rings is 1. The van der Waals surface area contributed by atoms with Gasteiger partial charge in [-0.25, -0.2) is 14.4 Å². The third-order valence-corrected chi connectivity index (χ3v) is 3.66. The third kappa shape index (κ3) is 3.09. The minimum absolute atomic E-state index is 0.294. The van der Waals surface area contributed by atoms with Crippen LogP contribution in [0.3, 0.4) is 0 Å². The molecule has 19 heavy (non-hydrogen) atoms. The number of rotatable bonds is 2. The van der Waals surface area contributed by atoms with E-state index in [4.69, 9.17) is 5.26 Å². The largest absolute Gasteiger partial charge is 0.227 e. The predicted molar refractivity (Wildman–Crippen MR) is 71.5 cm³/mol. The Hall–Kier alpha value is -1.93. The summed E-state index contributed by atoms with van der Waals surface area (Å²) in [5, 5.41) is 9.38. The van der Waals surface area contributed by atoms with Gasteiger partial charge in [0, 0.05) is 16.3 Å². The summed E-state index contributed by atoms with van der Waals surface area (Å²) in [6, 6.07) is 6.14. The molecule has 0 unspecified atom stereocenters. The second-order valence-corrected chi connectivity index (χ2v) is 5.23. The van der Waals surface area contributed by atoms with E-state index in [1.54, 1.807) is 6.07 Å². The summed E-state index contributed by atoms with van der Waals surface area (Å²) in [4.78, 5) is 9.35. The predicted octanol–water partition coefficient (Wildman–Crippen LogP) is 3.56. The molecular weight excluding hydrogens is 261 g/mol. The molecule has 2 aromatic rings. The van der Waals surface area contributed by atoms with E-state index < -0.39 is 5.82 Å². The Kier molecular flexibility index (Phi) is 3.82. The van der Waals surface area contributed by atoms with Gasteiger partial charge >= 0.3 is 0 Å². The van der Waals surface area contributed by atoms with Crippen LogP contribution in [-0.2, 0) is 0 Å². The average molecular weight is 273 g/mol. The highest BCUT2D eigenvalue weighted by atomic mass is 32.2. The standard InChI is InChI=1S/C14H12FN3S/c1-8-9(2)17-14(18-10(8)3)19-13-5-11(7-16)4-12(15)6-13/h4-6H,1-3H3. The van der Waals surface area contributed by atoms with Crippen molar-refractivity contribution in [3.05, 3.63) is 46.5 Å². The number of halogens is 1. The molecule has 0 saturated heterocycles. The minimum atomic E-state index is -0.429. The van der Waals surface area contributed by atoms with Gasteiger partial charge in [-0.1, -0.05) is 0 Å². The molecule has 2 rings (SSSR count). The molecule has 0 saturated carbocycles. The zero-order chi connectivity index (χ0) is 14.0. The molecule has 0 bridgehead atoms. The van der Waals surface area contributed by atoms with Gasteiger partial charge in [0.1, 0.15) is 5.82 Å². The fraction of sp³-hybridized carbons (Fsp3) is 0.214. The van der Waals surface area contributed by atoms with Crippen LogP contribution < -0.4 is 0 Å². The van der Waals surface area contributed by atoms with Crippen molar-refractivity contribution in [3.63, 3.8) is 0 Å². The molecule has 1 heterocycles. The van der Waals surface area contributed by atoms with E-state index in [1.165, 1.54) is 23.9 Å². The summed E-state index contributed by atoms with van der Waals surface area (Å²) in [6.07, 6.45) is 0. The maximum Gasteiger partial charge on any atom is 0.192 e. The second kappa shape index (κ2) is 5.37. The fourth-order valence-electron chi connectivity index (χ4n) is 1.58. The van der Waals surface area contributed by atoms with Crippen molar-refractivity contribution < 1.29 is 4.39 Å². The van der Waals surface area contributed by atoms with Crippen LogP contribution in [0.5, 0.6) is 0 Å². The van der Waals surface area contributed by atoms with E-state index in [2.05, 4.69) is 9.97 Å². The van der Waals surface area contributed by atoms with Crippen LogP contribution in [0, 0.1) is 37.9 Å². The smallest absolute Gasteiger partial charge is 0.192 e. The Bertz CT molecular complexity index is 654. The number of nitrogens with zero attached hydrogens (tertiary/aromatic N) is 3. The third-order valence-electron chi connectivity index (χ3n) is 2.82. The van der Waals surface area contributed by atoms with Gasteiger partial charge in [0.05, 0.1) is 11.6 Å². The van der Waals surface area contributed by atoms with E-state index in [0.717, 1.165) is 17.0 Å². The maximum atomic E-state index is 13.3. The summed E-state index contributed by atoms with van der Waals surface area (Å²) in [5.41, 5.74) is 3.17. The van der Waals surface area contributed by atoms with E-state index in [1.807, 2.05) is 26.8 Å². The highest BCUT2D eigenvalue weighted by Gasteiger charge is 2.08. The lowest BCUT2D eigenvalue weighted by Gasteiger charge is -2.07. The molecule has 0 spiro atoms. The Labute approximate surface area is 115 Å². The number of nitriles is 1. The second-order valence-electron chi connectivity index (χ2n) is 4.19. The van der Waals surface area contributed by atoms with Crippen LogP contribution in [0.25, 0.3) is 0 Å². The molecule has 1 aromatic heterocycles. The number of aryl methyl sites for hydroxylation is 2. The first-order chi connectivity index (χ1) is 8.99. The first-order valence-corrected chi connectivity index (χ1v) is 6.51. The Balaban J connectivity index is 2.36. The molecule has 0 radical (unpaired) electrons. The molecular formula is C14H12FN3S. The topological polar surface area (TPSA) is 49.6 Å². The molecule has 0 atom stereocenters. The van der Waals surface area contributed by atoms with Crippen molar-refractivity contribution in [2.75, 3.05) is 0 Å². The zero-order valence-corrected chi connectivity index (χ0v) is 11.7. The lowest BCUT2D eigenvalue weighted by atomic mass is 10.2. The SMILES string of the molecule is Cc1nc(Sc2cc(F)cc(C#N)c2)nc(C)c1C. The van der Waals surface area contributed by atoms with Crippen molar-refractivity contribution in [1.82, 2.24) is 9.97 Å². The van der Waals surface area contributed by atoms with E-state index in [9.17, 15) is 4.39 Å². The number of hydrogen-bond donors (Lipinski definition) is 0. The van der Waals surface area contributed by atoms with Crippen LogP contribution in [-0.4, -0.2) is 9.97 Å². The summed E-state index contributed by atoms with van der Waals surface area (Å²) >= 11 is 1.25. The highest BCUT2D eigenvalue weighted by Crippen LogP contribution is 2.27. The summed E-state index contributed by atoms with van der Waals surface area (Å²) in [7, 11) is 0. The summed E-state index contributed by atoms with van der Waals surface area (Å²) in [5.74, 6) is -0.429. The summed E-state index contributed by atoms with van der Waals surface area (Å²) < 4.78 is 13.3. The highest BCUT2D eigenvalue weighted by molar-refractivity contribution is 7.99. The molecule has 96 valence electrons. The van der Waals surface area contributed by atoms with Gasteiger partial charge in [0.15, 0.2) is 5.16 Å². The Morgan fingerprint density at radius 2 is 1.74 bits per heavy atom. The van der Waals surface area contributed by atoms with E-state index in [-0.39, 0.29) is 0 Å². The first-order valence-electron chi connectivity index (χ1n) is 5.70. The van der Waals surface area contributed by atoms with Crippen molar-refractivity contribution in [2.45, 2.75) is 30.8 Å². The minimum Gasteiger partial charge on any atom is -0.227 e. The van der Waals surface area contributed by atoms with Crippen LogP contribution in [0.2, 0.25) is 0 Å². The molecule has 3 nitrogen and oxygen atoms in total. The van der Waals surface area contributed by atoms with E-state index >= 15 is 0 Å². The lowest BCUT2D eigenvalue weighted by molar-refractivity contribution is 0.623. The van der Waals surface area contributed by atoms with Crippen LogP contribution >= 0.6 is 11.8 Å². The van der Waals surface area contributed by atoms with Gasteiger partial charge in [-0.2, -0.15) is 5.26 Å². The van der Waals surface area contributed by atoms with E-state index in [0.29, 0.717) is 15.6 Å². The lowest BCUT2D eigenvalue weighted by Crippen LogP contribution is -1.97. The van der Waals surface area contributed by atoms with Crippen molar-refractivity contribution in [3.8, 4) is 6.07 Å². The van der Waals surface area contributed by atoms with Gasteiger partial charge in [-0.3, -0.25) is 0 Å². The Morgan fingerprint density at radius 1 is 1.11 bits per heavy atom. The average Bonchev–Trinajstić information content (AvgIpc) is 2.35. The monoisotopic (exact) mass is 273 g/mol. The van der Waals surface area contributed by atoms with Crippen LogP contribution in [0.15, 0.2) is 28.3 Å². The number of hydrogen-bond acceptors (Lipinski definition) is 4. The molecule has 0 amide bonds.